The van der Waals surface area contributed by atoms with Crippen molar-refractivity contribution in [3.63, 3.8) is 0 Å². The molecule has 0 bridgehead atoms. The van der Waals surface area contributed by atoms with Gasteiger partial charge in [0.1, 0.15) is 5.84 Å². The molecule has 0 aliphatic carbocycles. The van der Waals surface area contributed by atoms with Crippen molar-refractivity contribution in [1.29, 1.82) is 5.41 Å². The Kier molecular flexibility index (Phi) is 4.62. The van der Waals surface area contributed by atoms with Crippen molar-refractivity contribution < 1.29 is 0 Å². The van der Waals surface area contributed by atoms with Gasteiger partial charge in [0.25, 0.3) is 0 Å². The number of nitrogen functional groups attached to an aromatic ring is 1. The summed E-state index contributed by atoms with van der Waals surface area (Å²) in [6.45, 7) is 2.66. The van der Waals surface area contributed by atoms with E-state index in [0.29, 0.717) is 17.5 Å². The Bertz CT molecular complexity index is 661. The first-order chi connectivity index (χ1) is 9.63. The molecule has 0 unspecified atom stereocenters. The number of hydrogen-bond acceptors (Lipinski definition) is 4. The fourth-order valence-electron chi connectivity index (χ4n) is 1.89. The fourth-order valence-corrected chi connectivity index (χ4v) is 2.86. The molecule has 4 N–H and O–H groups in total. The molecule has 2 aromatic rings. The van der Waals surface area contributed by atoms with Gasteiger partial charge in [-0.15, -0.1) is 5.10 Å². The average molecular weight is 291 g/mol. The van der Waals surface area contributed by atoms with Crippen LogP contribution in [0.5, 0.6) is 0 Å². The van der Waals surface area contributed by atoms with Crippen LogP contribution >= 0.6 is 11.8 Å². The summed E-state index contributed by atoms with van der Waals surface area (Å²) in [6, 6.07) is 7.51. The lowest BCUT2D eigenvalue weighted by molar-refractivity contribution is 0.604. The summed E-state index contributed by atoms with van der Waals surface area (Å²) >= 11 is 1.46. The van der Waals surface area contributed by atoms with Gasteiger partial charge in [0.15, 0.2) is 5.16 Å². The Morgan fingerprint density at radius 3 is 2.95 bits per heavy atom. The van der Waals surface area contributed by atoms with Crippen molar-refractivity contribution in [2.24, 2.45) is 5.73 Å². The molecule has 0 fully saturated rings. The van der Waals surface area contributed by atoms with Crippen LogP contribution in [0.15, 0.2) is 34.2 Å². The molecule has 1 heterocycles. The minimum Gasteiger partial charge on any atom is -0.384 e. The number of hydrogen-bond donors (Lipinski definition) is 3. The molecule has 6 nitrogen and oxygen atoms in total. The second-order valence-corrected chi connectivity index (χ2v) is 5.26. The van der Waals surface area contributed by atoms with Crippen LogP contribution in [-0.2, 0) is 12.3 Å². The van der Waals surface area contributed by atoms with E-state index in [2.05, 4.69) is 10.2 Å². The number of nitrogens with one attached hydrogen (secondary N) is 2. The van der Waals surface area contributed by atoms with E-state index in [4.69, 9.17) is 11.1 Å². The number of aromatic amines is 1. The van der Waals surface area contributed by atoms with Gasteiger partial charge in [-0.1, -0.05) is 43.0 Å². The van der Waals surface area contributed by atoms with Crippen molar-refractivity contribution in [2.75, 3.05) is 0 Å². The SMILES string of the molecule is CCCn1c(SCc2ccccc2C(=N)N)n[nH]c1=O. The van der Waals surface area contributed by atoms with E-state index < -0.39 is 0 Å². The summed E-state index contributed by atoms with van der Waals surface area (Å²) in [6.07, 6.45) is 0.872. The van der Waals surface area contributed by atoms with Crippen molar-refractivity contribution in [1.82, 2.24) is 14.8 Å². The lowest BCUT2D eigenvalue weighted by Crippen LogP contribution is -2.17. The van der Waals surface area contributed by atoms with E-state index in [0.717, 1.165) is 17.5 Å². The van der Waals surface area contributed by atoms with E-state index in [1.807, 2.05) is 31.2 Å². The molecule has 20 heavy (non-hydrogen) atoms. The zero-order chi connectivity index (χ0) is 14.5. The van der Waals surface area contributed by atoms with E-state index in [-0.39, 0.29) is 11.5 Å². The van der Waals surface area contributed by atoms with Gasteiger partial charge in [-0.2, -0.15) is 0 Å². The third-order valence-electron chi connectivity index (χ3n) is 2.83. The minimum atomic E-state index is -0.186. The van der Waals surface area contributed by atoms with Crippen molar-refractivity contribution >= 4 is 17.6 Å². The number of rotatable bonds is 6. The van der Waals surface area contributed by atoms with Gasteiger partial charge in [0.2, 0.25) is 0 Å². The first-order valence-corrected chi connectivity index (χ1v) is 7.32. The first-order valence-electron chi connectivity index (χ1n) is 6.33. The van der Waals surface area contributed by atoms with E-state index in [1.54, 1.807) is 4.57 Å². The molecule has 0 spiro atoms. The van der Waals surface area contributed by atoms with Gasteiger partial charge in [0.05, 0.1) is 0 Å². The Morgan fingerprint density at radius 1 is 1.50 bits per heavy atom. The van der Waals surface area contributed by atoms with Gasteiger partial charge in [-0.3, -0.25) is 9.98 Å². The molecule has 7 heteroatoms. The topological polar surface area (TPSA) is 101 Å². The number of aromatic nitrogens is 3. The predicted molar refractivity (Wildman–Crippen MR) is 80.2 cm³/mol. The molecule has 0 aliphatic rings. The molecule has 106 valence electrons. The van der Waals surface area contributed by atoms with Crippen LogP contribution in [0, 0.1) is 5.41 Å². The van der Waals surface area contributed by atoms with Crippen LogP contribution in [0.1, 0.15) is 24.5 Å². The smallest absolute Gasteiger partial charge is 0.343 e. The highest BCUT2D eigenvalue weighted by molar-refractivity contribution is 7.98. The first kappa shape index (κ1) is 14.4. The van der Waals surface area contributed by atoms with Crippen molar-refractivity contribution in [3.05, 3.63) is 45.9 Å². The molecule has 0 radical (unpaired) electrons. The van der Waals surface area contributed by atoms with Crippen LogP contribution < -0.4 is 11.4 Å². The average Bonchev–Trinajstić information content (AvgIpc) is 2.78. The summed E-state index contributed by atoms with van der Waals surface area (Å²) in [5, 5.41) is 14.7. The molecule has 0 atom stereocenters. The summed E-state index contributed by atoms with van der Waals surface area (Å²) in [5.41, 5.74) is 7.06. The summed E-state index contributed by atoms with van der Waals surface area (Å²) < 4.78 is 1.63. The third-order valence-corrected chi connectivity index (χ3v) is 3.86. The van der Waals surface area contributed by atoms with Crippen LogP contribution in [-0.4, -0.2) is 20.6 Å². The Morgan fingerprint density at radius 2 is 2.25 bits per heavy atom. The van der Waals surface area contributed by atoms with Crippen LogP contribution in [0.2, 0.25) is 0 Å². The van der Waals surface area contributed by atoms with Crippen molar-refractivity contribution in [3.8, 4) is 0 Å². The number of H-pyrrole nitrogens is 1. The van der Waals surface area contributed by atoms with Gasteiger partial charge in [-0.05, 0) is 12.0 Å². The van der Waals surface area contributed by atoms with Gasteiger partial charge in [-0.25, -0.2) is 9.89 Å². The minimum absolute atomic E-state index is 0.0502. The lowest BCUT2D eigenvalue weighted by atomic mass is 10.1. The third kappa shape index (κ3) is 3.11. The number of amidine groups is 1. The maximum absolute atomic E-state index is 11.6. The molecule has 0 saturated heterocycles. The predicted octanol–water partition coefficient (Wildman–Crippen LogP) is 1.56. The summed E-state index contributed by atoms with van der Waals surface area (Å²) in [4.78, 5) is 11.6. The maximum Gasteiger partial charge on any atom is 0.343 e. The normalized spacial score (nSPS) is 10.7. The van der Waals surface area contributed by atoms with E-state index >= 15 is 0 Å². The molecule has 1 aromatic carbocycles. The van der Waals surface area contributed by atoms with E-state index in [1.165, 1.54) is 11.8 Å². The number of nitrogens with two attached hydrogens (primary N) is 1. The Labute approximate surface area is 120 Å². The highest BCUT2D eigenvalue weighted by Crippen LogP contribution is 2.22. The zero-order valence-corrected chi connectivity index (χ0v) is 12.0. The van der Waals surface area contributed by atoms with Crippen molar-refractivity contribution in [2.45, 2.75) is 30.8 Å². The van der Waals surface area contributed by atoms with Crippen LogP contribution in [0.3, 0.4) is 0 Å². The molecular weight excluding hydrogens is 274 g/mol. The Hall–Kier alpha value is -2.02. The van der Waals surface area contributed by atoms with Gasteiger partial charge in [0, 0.05) is 17.9 Å². The quantitative estimate of drug-likeness (QED) is 0.427. The second kappa shape index (κ2) is 6.42. The number of benzene rings is 1. The van der Waals surface area contributed by atoms with E-state index in [9.17, 15) is 4.79 Å². The largest absolute Gasteiger partial charge is 0.384 e. The number of thioether (sulfide) groups is 1. The standard InChI is InChI=1S/C13H17N5OS/c1-2-7-18-12(19)16-17-13(18)20-8-9-5-3-4-6-10(9)11(14)15/h3-6H,2,7-8H2,1H3,(H3,14,15)(H,16,19). The highest BCUT2D eigenvalue weighted by Gasteiger charge is 2.10. The maximum atomic E-state index is 11.6. The summed E-state index contributed by atoms with van der Waals surface area (Å²) in [7, 11) is 0. The summed E-state index contributed by atoms with van der Waals surface area (Å²) in [5.74, 6) is 0.665. The Balaban J connectivity index is 2.17. The lowest BCUT2D eigenvalue weighted by Gasteiger charge is -2.08. The molecule has 0 saturated carbocycles. The molecular formula is C13H17N5OS. The fraction of sp³-hybridized carbons (Fsp3) is 0.308. The van der Waals surface area contributed by atoms with Gasteiger partial charge < -0.3 is 5.73 Å². The highest BCUT2D eigenvalue weighted by atomic mass is 32.2. The zero-order valence-electron chi connectivity index (χ0n) is 11.2. The monoisotopic (exact) mass is 291 g/mol. The van der Waals surface area contributed by atoms with Crippen LogP contribution in [0.25, 0.3) is 0 Å². The number of nitrogens with zero attached hydrogens (tertiary/aromatic N) is 2. The van der Waals surface area contributed by atoms with Gasteiger partial charge >= 0.3 is 5.69 Å². The molecule has 2 rings (SSSR count). The second-order valence-electron chi connectivity index (χ2n) is 4.32. The van der Waals surface area contributed by atoms with Crippen LogP contribution in [0.4, 0.5) is 0 Å². The molecule has 0 aliphatic heterocycles. The molecule has 0 amide bonds. The molecule has 1 aromatic heterocycles.